The van der Waals surface area contributed by atoms with Crippen LogP contribution < -0.4 is 0 Å². The highest BCUT2D eigenvalue weighted by atomic mass is 31.3. The minimum absolute atomic E-state index is 0.383. The van der Waals surface area contributed by atoms with Crippen molar-refractivity contribution in [2.75, 3.05) is 13.2 Å². The fraction of sp³-hybridized carbons (Fsp3) is 0.538. The van der Waals surface area contributed by atoms with Crippen LogP contribution in [0, 0.1) is 5.39 Å². The Balaban J connectivity index is 4.52. The van der Waals surface area contributed by atoms with E-state index in [0.29, 0.717) is 24.0 Å². The second-order valence-electron chi connectivity index (χ2n) is 5.52. The summed E-state index contributed by atoms with van der Waals surface area (Å²) in [4.78, 5) is 27.9. The molecule has 0 fully saturated rings. The number of hydrogen-bond donors (Lipinski definition) is 4. The minimum atomic E-state index is -5.19. The monoisotopic (exact) mass is 467 g/mol. The first-order valence-corrected chi connectivity index (χ1v) is 10.6. The van der Waals surface area contributed by atoms with Crippen LogP contribution in [0.5, 0.6) is 0 Å². The van der Waals surface area contributed by atoms with Gasteiger partial charge in [0.05, 0.1) is 6.61 Å². The van der Waals surface area contributed by atoms with Crippen LogP contribution in [0.2, 0.25) is 0 Å². The molecule has 0 aliphatic rings. The SMILES string of the molecule is C/C(=C\COP(=O)(O)OP(=O)(O)O)CC/C=C(\C)CO/C(O)=C(/[N+]#N)C(F)(F)F. The normalized spacial score (nSPS) is 16.7. The third-order valence-electron chi connectivity index (χ3n) is 2.92. The molecule has 166 valence electrons. The van der Waals surface area contributed by atoms with Gasteiger partial charge in [-0.25, -0.2) is 9.13 Å². The lowest BCUT2D eigenvalue weighted by Gasteiger charge is -2.11. The Morgan fingerprint density at radius 3 is 2.21 bits per heavy atom. The molecule has 0 aromatic rings. The second kappa shape index (κ2) is 11.5. The van der Waals surface area contributed by atoms with Gasteiger partial charge in [0.25, 0.3) is 0 Å². The molecule has 0 saturated carbocycles. The van der Waals surface area contributed by atoms with E-state index in [-0.39, 0.29) is 0 Å². The number of allylic oxidation sites excluding steroid dienone is 3. The van der Waals surface area contributed by atoms with Crippen LogP contribution in [-0.2, 0) is 22.7 Å². The summed E-state index contributed by atoms with van der Waals surface area (Å²) in [6.07, 6.45) is -1.36. The number of halogens is 3. The number of phosphoric acid groups is 2. The van der Waals surface area contributed by atoms with E-state index in [1.807, 2.05) is 4.98 Å². The average molecular weight is 467 g/mol. The number of diazo groups is 1. The van der Waals surface area contributed by atoms with Gasteiger partial charge in [-0.15, -0.1) is 0 Å². The molecular weight excluding hydrogens is 447 g/mol. The molecule has 4 N–H and O–H groups in total. The zero-order chi connectivity index (χ0) is 22.9. The summed E-state index contributed by atoms with van der Waals surface area (Å²) in [5.74, 6) is -1.58. The van der Waals surface area contributed by atoms with E-state index in [4.69, 9.17) is 20.1 Å². The third kappa shape index (κ3) is 13.2. The lowest BCUT2D eigenvalue weighted by molar-refractivity contribution is -0.0968. The number of aliphatic hydroxyl groups is 1. The number of rotatable bonds is 11. The van der Waals surface area contributed by atoms with E-state index in [0.717, 1.165) is 0 Å². The van der Waals surface area contributed by atoms with Crippen molar-refractivity contribution in [1.29, 1.82) is 5.39 Å². The summed E-state index contributed by atoms with van der Waals surface area (Å²) >= 11 is 0. The Labute approximate surface area is 163 Å². The Morgan fingerprint density at radius 2 is 1.72 bits per heavy atom. The minimum Gasteiger partial charge on any atom is -0.475 e. The largest absolute Gasteiger partial charge is 0.543 e. The van der Waals surface area contributed by atoms with Crippen LogP contribution >= 0.6 is 15.6 Å². The fourth-order valence-electron chi connectivity index (χ4n) is 1.61. The van der Waals surface area contributed by atoms with Crippen LogP contribution in [0.15, 0.2) is 34.9 Å². The van der Waals surface area contributed by atoms with Gasteiger partial charge in [-0.05, 0) is 32.3 Å². The van der Waals surface area contributed by atoms with Crippen molar-refractivity contribution in [2.24, 2.45) is 0 Å². The molecule has 16 heteroatoms. The molecule has 0 rings (SSSR count). The number of aliphatic hydroxyl groups excluding tert-OH is 1. The van der Waals surface area contributed by atoms with Gasteiger partial charge in [0.15, 0.2) is 4.98 Å². The van der Waals surface area contributed by atoms with E-state index >= 15 is 0 Å². The molecule has 1 atom stereocenters. The lowest BCUT2D eigenvalue weighted by Crippen LogP contribution is -2.13. The van der Waals surface area contributed by atoms with Crippen molar-refractivity contribution in [3.8, 4) is 0 Å². The van der Waals surface area contributed by atoms with Crippen LogP contribution in [0.25, 0.3) is 4.98 Å². The lowest BCUT2D eigenvalue weighted by atomic mass is 10.1. The number of alkyl halides is 3. The van der Waals surface area contributed by atoms with Gasteiger partial charge < -0.3 is 24.5 Å². The van der Waals surface area contributed by atoms with Gasteiger partial charge in [-0.1, -0.05) is 17.7 Å². The molecule has 0 aromatic carbocycles. The number of hydrogen-bond acceptors (Lipinski definition) is 7. The molecule has 0 radical (unpaired) electrons. The van der Waals surface area contributed by atoms with Crippen molar-refractivity contribution < 1.29 is 55.7 Å². The molecule has 0 aliphatic heterocycles. The quantitative estimate of drug-likeness (QED) is 0.150. The molecule has 0 saturated heterocycles. The van der Waals surface area contributed by atoms with Crippen LogP contribution in [0.3, 0.4) is 0 Å². The molecule has 29 heavy (non-hydrogen) atoms. The molecule has 0 bridgehead atoms. The van der Waals surface area contributed by atoms with Gasteiger partial charge in [-0.2, -0.15) is 17.5 Å². The zero-order valence-electron chi connectivity index (χ0n) is 15.2. The number of phosphoric ester groups is 1. The Kier molecular flexibility index (Phi) is 10.8. The Hall–Kier alpha value is -1.71. The van der Waals surface area contributed by atoms with Gasteiger partial charge in [0, 0.05) is 0 Å². The standard InChI is InChI=1S/C13H19F3N2O9P2/c1-9(6-7-26-29(23,24)27-28(20,21)22)4-3-5-10(2)8-25-12(19)11(18-17)13(14,15)16/h5-6H,3-4,7-8H2,1-2H3,(H3-,19,20,21,22,23,24)/p+1/b9-6+,10-5+,12-11+. The topological polar surface area (TPSA) is 171 Å². The first kappa shape index (κ1) is 27.3. The predicted octanol–water partition coefficient (Wildman–Crippen LogP) is 4.04. The highest BCUT2D eigenvalue weighted by Gasteiger charge is 2.51. The summed E-state index contributed by atoms with van der Waals surface area (Å²) in [6.45, 7) is 2.28. The maximum absolute atomic E-state index is 12.4. The van der Waals surface area contributed by atoms with Crippen molar-refractivity contribution in [2.45, 2.75) is 32.9 Å². The average Bonchev–Trinajstić information content (AvgIpc) is 2.49. The highest BCUT2D eigenvalue weighted by molar-refractivity contribution is 7.60. The third-order valence-corrected chi connectivity index (χ3v) is 5.07. The van der Waals surface area contributed by atoms with E-state index in [1.54, 1.807) is 13.0 Å². The van der Waals surface area contributed by atoms with Crippen molar-refractivity contribution in [1.82, 2.24) is 0 Å². The fourth-order valence-corrected chi connectivity index (χ4v) is 3.14. The van der Waals surface area contributed by atoms with E-state index < -0.39 is 46.7 Å². The maximum atomic E-state index is 12.4. The number of ether oxygens (including phenoxy) is 1. The first-order valence-electron chi connectivity index (χ1n) is 7.61. The second-order valence-corrected chi connectivity index (χ2v) is 8.35. The number of nitrogens with zero attached hydrogens (tertiary/aromatic N) is 2. The van der Waals surface area contributed by atoms with Crippen molar-refractivity contribution in [3.63, 3.8) is 0 Å². The van der Waals surface area contributed by atoms with Crippen LogP contribution in [0.4, 0.5) is 13.2 Å². The van der Waals surface area contributed by atoms with E-state index in [2.05, 4.69) is 13.6 Å². The van der Waals surface area contributed by atoms with Crippen molar-refractivity contribution >= 4 is 15.6 Å². The van der Waals surface area contributed by atoms with Gasteiger partial charge >= 0.3 is 33.5 Å². The van der Waals surface area contributed by atoms with E-state index in [9.17, 15) is 27.4 Å². The highest BCUT2D eigenvalue weighted by Crippen LogP contribution is 2.57. The molecule has 0 heterocycles. The first-order chi connectivity index (χ1) is 13.1. The molecule has 0 aromatic heterocycles. The van der Waals surface area contributed by atoms with Crippen molar-refractivity contribution in [3.05, 3.63) is 39.9 Å². The van der Waals surface area contributed by atoms with Gasteiger partial charge in [-0.3, -0.25) is 4.52 Å². The molecular formula is C13H20F3N2O9P2+. The summed E-state index contributed by atoms with van der Waals surface area (Å²) < 4.78 is 71.3. The molecule has 0 aliphatic carbocycles. The Bertz CT molecular complexity index is 796. The summed E-state index contributed by atoms with van der Waals surface area (Å²) in [5, 5.41) is 17.4. The zero-order valence-corrected chi connectivity index (χ0v) is 17.0. The summed E-state index contributed by atoms with van der Waals surface area (Å²) in [7, 11) is -10.1. The smallest absolute Gasteiger partial charge is 0.475 e. The Morgan fingerprint density at radius 1 is 1.14 bits per heavy atom. The summed E-state index contributed by atoms with van der Waals surface area (Å²) in [5.41, 5.74) is -0.852. The van der Waals surface area contributed by atoms with Crippen LogP contribution in [0.1, 0.15) is 26.7 Å². The molecule has 11 nitrogen and oxygen atoms in total. The van der Waals surface area contributed by atoms with Gasteiger partial charge in [0.2, 0.25) is 5.39 Å². The van der Waals surface area contributed by atoms with Gasteiger partial charge in [0.1, 0.15) is 6.61 Å². The van der Waals surface area contributed by atoms with E-state index in [1.165, 1.54) is 13.0 Å². The summed E-state index contributed by atoms with van der Waals surface area (Å²) in [6, 6.07) is 0. The predicted molar refractivity (Wildman–Crippen MR) is 92.4 cm³/mol. The maximum Gasteiger partial charge on any atom is 0.543 e. The molecule has 1 unspecified atom stereocenters. The van der Waals surface area contributed by atoms with Crippen LogP contribution in [-0.4, -0.2) is 39.2 Å². The molecule has 0 spiro atoms. The molecule has 0 amide bonds.